The van der Waals surface area contributed by atoms with Crippen LogP contribution in [0.4, 0.5) is 11.5 Å². The Balaban J connectivity index is 1.90. The van der Waals surface area contributed by atoms with Crippen molar-refractivity contribution >= 4 is 17.4 Å². The van der Waals surface area contributed by atoms with E-state index in [1.54, 1.807) is 18.0 Å². The second-order valence-electron chi connectivity index (χ2n) is 4.95. The lowest BCUT2D eigenvalue weighted by atomic mass is 10.1. The molecule has 0 bridgehead atoms. The summed E-state index contributed by atoms with van der Waals surface area (Å²) in [5.41, 5.74) is 1.78. The Kier molecular flexibility index (Phi) is 3.48. The summed E-state index contributed by atoms with van der Waals surface area (Å²) in [5.74, 6) is 1.51. The number of nitrogens with zero attached hydrogens (tertiary/aromatic N) is 2. The zero-order valence-corrected chi connectivity index (χ0v) is 12.0. The van der Waals surface area contributed by atoms with Gasteiger partial charge in [-0.05, 0) is 30.7 Å². The number of fused-ring (bicyclic) bond motifs is 1. The van der Waals surface area contributed by atoms with Crippen molar-refractivity contribution in [2.75, 3.05) is 17.3 Å². The van der Waals surface area contributed by atoms with E-state index in [9.17, 15) is 4.79 Å². The summed E-state index contributed by atoms with van der Waals surface area (Å²) < 4.78 is 5.63. The van der Waals surface area contributed by atoms with Crippen LogP contribution in [0.25, 0.3) is 0 Å². The van der Waals surface area contributed by atoms with Crippen LogP contribution in [-0.2, 0) is 11.3 Å². The highest BCUT2D eigenvalue weighted by atomic mass is 16.5. The zero-order valence-electron chi connectivity index (χ0n) is 12.0. The van der Waals surface area contributed by atoms with Gasteiger partial charge >= 0.3 is 0 Å². The van der Waals surface area contributed by atoms with Gasteiger partial charge in [-0.15, -0.1) is 0 Å². The number of hydrogen-bond donors (Lipinski definition) is 1. The van der Waals surface area contributed by atoms with Crippen molar-refractivity contribution in [3.8, 4) is 5.75 Å². The molecule has 0 spiro atoms. The average Bonchev–Trinajstić information content (AvgIpc) is 2.52. The summed E-state index contributed by atoms with van der Waals surface area (Å²) in [6, 6.07) is 11.5. The van der Waals surface area contributed by atoms with E-state index >= 15 is 0 Å². The first-order valence-corrected chi connectivity index (χ1v) is 6.89. The van der Waals surface area contributed by atoms with Crippen molar-refractivity contribution in [1.29, 1.82) is 0 Å². The molecule has 0 saturated heterocycles. The number of hydrogen-bond acceptors (Lipinski definition) is 4. The molecule has 1 aromatic carbocycles. The molecule has 0 aliphatic carbocycles. The number of nitrogens with one attached hydrogen (secondary N) is 1. The summed E-state index contributed by atoms with van der Waals surface area (Å²) in [6.45, 7) is 2.26. The fourth-order valence-electron chi connectivity index (χ4n) is 2.37. The predicted molar refractivity (Wildman–Crippen MR) is 81.5 cm³/mol. The first kappa shape index (κ1) is 13.4. The van der Waals surface area contributed by atoms with Gasteiger partial charge in [0.25, 0.3) is 5.91 Å². The number of ether oxygens (including phenoxy) is 1. The molecule has 1 aliphatic heterocycles. The minimum atomic E-state index is -0.468. The molecule has 2 heterocycles. The maximum atomic E-state index is 12.4. The number of pyridine rings is 1. The number of amides is 1. The monoisotopic (exact) mass is 283 g/mol. The second-order valence-corrected chi connectivity index (χ2v) is 4.95. The molecule has 1 unspecified atom stereocenters. The average molecular weight is 283 g/mol. The number of benzene rings is 1. The Labute approximate surface area is 123 Å². The molecule has 5 nitrogen and oxygen atoms in total. The zero-order chi connectivity index (χ0) is 14.8. The molecule has 1 N–H and O–H groups in total. The molecule has 5 heteroatoms. The van der Waals surface area contributed by atoms with Crippen molar-refractivity contribution in [2.45, 2.75) is 19.6 Å². The minimum absolute atomic E-state index is 0.0357. The highest BCUT2D eigenvalue weighted by Crippen LogP contribution is 2.34. The van der Waals surface area contributed by atoms with Crippen molar-refractivity contribution in [3.63, 3.8) is 0 Å². The van der Waals surface area contributed by atoms with Gasteiger partial charge in [-0.3, -0.25) is 4.79 Å². The smallest absolute Gasteiger partial charge is 0.268 e. The van der Waals surface area contributed by atoms with E-state index in [0.29, 0.717) is 6.54 Å². The fourth-order valence-corrected chi connectivity index (χ4v) is 2.37. The first-order valence-electron chi connectivity index (χ1n) is 6.89. The van der Waals surface area contributed by atoms with Crippen molar-refractivity contribution < 1.29 is 9.53 Å². The van der Waals surface area contributed by atoms with Crippen LogP contribution in [0.2, 0.25) is 0 Å². The fraction of sp³-hybridized carbons (Fsp3) is 0.250. The summed E-state index contributed by atoms with van der Waals surface area (Å²) in [5, 5.41) is 2.98. The molecule has 0 radical (unpaired) electrons. The number of carbonyl (C=O) groups is 1. The van der Waals surface area contributed by atoms with Crippen LogP contribution in [0.3, 0.4) is 0 Å². The molecule has 108 valence electrons. The molecule has 21 heavy (non-hydrogen) atoms. The highest BCUT2D eigenvalue weighted by Gasteiger charge is 2.31. The molecule has 1 aliphatic rings. The Hall–Kier alpha value is -2.56. The van der Waals surface area contributed by atoms with Crippen molar-refractivity contribution in [2.24, 2.45) is 0 Å². The van der Waals surface area contributed by atoms with E-state index in [1.807, 2.05) is 43.4 Å². The first-order chi connectivity index (χ1) is 10.2. The van der Waals surface area contributed by atoms with Gasteiger partial charge in [-0.1, -0.05) is 18.2 Å². The maximum absolute atomic E-state index is 12.4. The number of carbonyl (C=O) groups excluding carboxylic acids is 1. The minimum Gasteiger partial charge on any atom is -0.479 e. The molecule has 3 rings (SSSR count). The molecule has 1 atom stereocenters. The van der Waals surface area contributed by atoms with E-state index in [-0.39, 0.29) is 5.91 Å². The van der Waals surface area contributed by atoms with Gasteiger partial charge in [-0.2, -0.15) is 0 Å². The third-order valence-corrected chi connectivity index (χ3v) is 3.50. The lowest BCUT2D eigenvalue weighted by Gasteiger charge is -2.33. The van der Waals surface area contributed by atoms with Crippen LogP contribution in [0.5, 0.6) is 5.75 Å². The molecule has 1 aromatic heterocycles. The number of rotatable bonds is 3. The van der Waals surface area contributed by atoms with E-state index in [1.165, 1.54) is 0 Å². The van der Waals surface area contributed by atoms with Crippen molar-refractivity contribution in [3.05, 3.63) is 48.2 Å². The SMILES string of the molecule is CNc1ccc(CN2C(=O)C(C)Oc3ccccc32)cn1. The van der Waals surface area contributed by atoms with Crippen LogP contribution in [-0.4, -0.2) is 24.0 Å². The Bertz CT molecular complexity index is 655. The predicted octanol–water partition coefficient (Wildman–Crippen LogP) is 2.44. The Morgan fingerprint density at radius 1 is 1.29 bits per heavy atom. The summed E-state index contributed by atoms with van der Waals surface area (Å²) in [7, 11) is 1.82. The Morgan fingerprint density at radius 2 is 2.10 bits per heavy atom. The van der Waals surface area contributed by atoms with Gasteiger partial charge in [0.15, 0.2) is 6.10 Å². The maximum Gasteiger partial charge on any atom is 0.268 e. The molecule has 1 amide bonds. The van der Waals surface area contributed by atoms with Gasteiger partial charge in [0.05, 0.1) is 12.2 Å². The normalized spacial score (nSPS) is 17.1. The summed E-state index contributed by atoms with van der Waals surface area (Å²) in [6.07, 6.45) is 1.31. The van der Waals surface area contributed by atoms with Crippen LogP contribution in [0.1, 0.15) is 12.5 Å². The quantitative estimate of drug-likeness (QED) is 0.940. The molecule has 0 fully saturated rings. The van der Waals surface area contributed by atoms with Gasteiger partial charge in [-0.25, -0.2) is 4.98 Å². The van der Waals surface area contributed by atoms with Crippen LogP contribution >= 0.6 is 0 Å². The number of anilines is 2. The summed E-state index contributed by atoms with van der Waals surface area (Å²) >= 11 is 0. The van der Waals surface area contributed by atoms with Crippen LogP contribution < -0.4 is 15.0 Å². The molecule has 0 saturated carbocycles. The second kappa shape index (κ2) is 5.44. The Morgan fingerprint density at radius 3 is 2.81 bits per heavy atom. The number of para-hydroxylation sites is 2. The largest absolute Gasteiger partial charge is 0.479 e. The molecule has 2 aromatic rings. The van der Waals surface area contributed by atoms with Gasteiger partial charge in [0.2, 0.25) is 0 Å². The van der Waals surface area contributed by atoms with E-state index in [0.717, 1.165) is 22.8 Å². The van der Waals surface area contributed by atoms with E-state index in [4.69, 9.17) is 4.74 Å². The summed E-state index contributed by atoms with van der Waals surface area (Å²) in [4.78, 5) is 18.4. The van der Waals surface area contributed by atoms with Gasteiger partial charge in [0, 0.05) is 13.2 Å². The van der Waals surface area contributed by atoms with E-state index in [2.05, 4.69) is 10.3 Å². The number of aromatic nitrogens is 1. The lowest BCUT2D eigenvalue weighted by Crippen LogP contribution is -2.43. The lowest BCUT2D eigenvalue weighted by molar-refractivity contribution is -0.125. The topological polar surface area (TPSA) is 54.5 Å². The van der Waals surface area contributed by atoms with Crippen LogP contribution in [0, 0.1) is 0 Å². The molecular formula is C16H17N3O2. The van der Waals surface area contributed by atoms with E-state index < -0.39 is 6.10 Å². The van der Waals surface area contributed by atoms with Gasteiger partial charge < -0.3 is 15.0 Å². The van der Waals surface area contributed by atoms with Crippen molar-refractivity contribution in [1.82, 2.24) is 4.98 Å². The molecular weight excluding hydrogens is 266 g/mol. The third-order valence-electron chi connectivity index (χ3n) is 3.50. The third kappa shape index (κ3) is 2.54. The van der Waals surface area contributed by atoms with Gasteiger partial charge in [0.1, 0.15) is 11.6 Å². The highest BCUT2D eigenvalue weighted by molar-refractivity contribution is 5.99. The van der Waals surface area contributed by atoms with Crippen LogP contribution in [0.15, 0.2) is 42.6 Å². The standard InChI is InChI=1S/C16H17N3O2/c1-11-16(20)19(13-5-3-4-6-14(13)21-11)10-12-7-8-15(17-2)18-9-12/h3-9,11H,10H2,1-2H3,(H,17,18).